The van der Waals surface area contributed by atoms with Crippen molar-refractivity contribution in [3.63, 3.8) is 0 Å². The number of halogens is 2. The van der Waals surface area contributed by atoms with E-state index in [1.165, 1.54) is 16.7 Å². The number of fused-ring (bicyclic) bond motifs is 2. The molecule has 0 aliphatic heterocycles. The normalized spacial score (nSPS) is 16.7. The molecule has 1 atom stereocenters. The lowest BCUT2D eigenvalue weighted by atomic mass is 9.94. The maximum atomic E-state index is 6.58. The Morgan fingerprint density at radius 2 is 1.91 bits per heavy atom. The number of benzene rings is 2. The summed E-state index contributed by atoms with van der Waals surface area (Å²) in [4.78, 5) is 4.21. The third-order valence-corrected chi connectivity index (χ3v) is 4.82. The number of rotatable bonds is 1. The zero-order chi connectivity index (χ0) is 15.1. The third kappa shape index (κ3) is 2.23. The van der Waals surface area contributed by atoms with Crippen LogP contribution in [0, 0.1) is 0 Å². The summed E-state index contributed by atoms with van der Waals surface area (Å²) in [5.41, 5.74) is 4.98. The first-order valence-corrected chi connectivity index (χ1v) is 8.02. The van der Waals surface area contributed by atoms with E-state index in [4.69, 9.17) is 23.2 Å². The first-order chi connectivity index (χ1) is 10.7. The van der Waals surface area contributed by atoms with Gasteiger partial charge in [0.2, 0.25) is 0 Å². The van der Waals surface area contributed by atoms with E-state index < -0.39 is 0 Å². The van der Waals surface area contributed by atoms with Crippen LogP contribution in [0.1, 0.15) is 29.7 Å². The lowest BCUT2D eigenvalue weighted by Gasteiger charge is -2.23. The van der Waals surface area contributed by atoms with Gasteiger partial charge in [-0.25, -0.2) is 4.98 Å². The van der Waals surface area contributed by atoms with E-state index in [0.717, 1.165) is 23.4 Å². The first kappa shape index (κ1) is 13.9. The number of aromatic nitrogens is 2. The number of hydrogen-bond acceptors (Lipinski definition) is 1. The van der Waals surface area contributed by atoms with Gasteiger partial charge < -0.3 is 4.57 Å². The van der Waals surface area contributed by atoms with Gasteiger partial charge in [0.15, 0.2) is 0 Å². The van der Waals surface area contributed by atoms with Gasteiger partial charge in [-0.1, -0.05) is 47.5 Å². The maximum absolute atomic E-state index is 6.58. The van der Waals surface area contributed by atoms with E-state index in [-0.39, 0.29) is 7.47 Å². The molecule has 110 valence electrons. The minimum absolute atomic E-state index is 0. The Labute approximate surface area is 140 Å². The molecule has 0 fully saturated rings. The van der Waals surface area contributed by atoms with E-state index in [1.54, 1.807) is 6.20 Å². The van der Waals surface area contributed by atoms with Crippen LogP contribution in [0.5, 0.6) is 0 Å². The van der Waals surface area contributed by atoms with Gasteiger partial charge in [-0.2, -0.15) is 0 Å². The molecular weight excluding hydrogens is 315 g/mol. The van der Waals surface area contributed by atoms with Crippen molar-refractivity contribution >= 4 is 23.2 Å². The number of nitrogens with zero attached hydrogens (tertiary/aromatic N) is 2. The Bertz CT molecular complexity index is 831. The van der Waals surface area contributed by atoms with Crippen molar-refractivity contribution in [3.8, 4) is 0 Å². The average Bonchev–Trinajstić information content (AvgIpc) is 2.97. The van der Waals surface area contributed by atoms with E-state index >= 15 is 0 Å². The SMILES string of the molecule is Clc1cc(Cl)c2c(c1)CCc1ccccc1[C@@H]2n1ccnc1.[H+]. The molecule has 0 bridgehead atoms. The van der Waals surface area contributed by atoms with Crippen LogP contribution in [0.3, 0.4) is 0 Å². The van der Waals surface area contributed by atoms with Gasteiger partial charge >= 0.3 is 1.43 Å². The van der Waals surface area contributed by atoms with Crippen LogP contribution in [0.2, 0.25) is 10.0 Å². The highest BCUT2D eigenvalue weighted by atomic mass is 35.5. The Hall–Kier alpha value is -1.77. The molecular formula is C18H15Cl2N2+. The largest absolute Gasteiger partial charge is 1.00 e. The summed E-state index contributed by atoms with van der Waals surface area (Å²) in [6, 6.07) is 12.5. The molecule has 0 unspecified atom stereocenters. The summed E-state index contributed by atoms with van der Waals surface area (Å²) in [6.45, 7) is 0. The molecule has 1 aromatic heterocycles. The standard InChI is InChI=1S/C18H14Cl2N2/c19-14-9-13-6-5-12-3-1-2-4-15(12)18(17(13)16(20)10-14)22-8-7-21-11-22/h1-4,7-11,18H,5-6H2/p+1/t18-/m0/s1. The lowest BCUT2D eigenvalue weighted by molar-refractivity contribution is 0.673. The van der Waals surface area contributed by atoms with Gasteiger partial charge in [0.25, 0.3) is 0 Å². The fourth-order valence-corrected chi connectivity index (χ4v) is 3.98. The molecule has 0 spiro atoms. The highest BCUT2D eigenvalue weighted by Crippen LogP contribution is 2.40. The molecule has 2 nitrogen and oxygen atoms in total. The predicted octanol–water partition coefficient (Wildman–Crippen LogP) is 5.04. The highest BCUT2D eigenvalue weighted by Gasteiger charge is 2.27. The van der Waals surface area contributed by atoms with Crippen molar-refractivity contribution in [3.05, 3.63) is 87.4 Å². The molecule has 0 radical (unpaired) electrons. The van der Waals surface area contributed by atoms with Crippen molar-refractivity contribution in [1.82, 2.24) is 9.55 Å². The van der Waals surface area contributed by atoms with Crippen LogP contribution >= 0.6 is 23.2 Å². The van der Waals surface area contributed by atoms with E-state index in [2.05, 4.69) is 33.8 Å². The Balaban J connectivity index is 0.00000156. The molecule has 1 heterocycles. The fraction of sp³-hybridized carbons (Fsp3) is 0.167. The van der Waals surface area contributed by atoms with Gasteiger partial charge in [-0.05, 0) is 41.7 Å². The average molecular weight is 330 g/mol. The minimum Gasteiger partial charge on any atom is -0.326 e. The second-order valence-electron chi connectivity index (χ2n) is 5.57. The molecule has 0 N–H and O–H groups in total. The Morgan fingerprint density at radius 3 is 2.73 bits per heavy atom. The molecule has 4 heteroatoms. The molecule has 0 saturated heterocycles. The predicted molar refractivity (Wildman–Crippen MR) is 90.9 cm³/mol. The zero-order valence-corrected chi connectivity index (χ0v) is 13.3. The van der Waals surface area contributed by atoms with Crippen LogP contribution < -0.4 is 0 Å². The monoisotopic (exact) mass is 329 g/mol. The number of aryl methyl sites for hydroxylation is 2. The van der Waals surface area contributed by atoms with Crippen molar-refractivity contribution in [2.24, 2.45) is 0 Å². The van der Waals surface area contributed by atoms with Gasteiger partial charge in [-0.3, -0.25) is 0 Å². The summed E-state index contributed by atoms with van der Waals surface area (Å²) < 4.78 is 2.11. The first-order valence-electron chi connectivity index (χ1n) is 7.27. The van der Waals surface area contributed by atoms with Crippen LogP contribution in [0.4, 0.5) is 0 Å². The lowest BCUT2D eigenvalue weighted by Crippen LogP contribution is -2.13. The molecule has 4 rings (SSSR count). The van der Waals surface area contributed by atoms with Crippen LogP contribution in [-0.2, 0) is 12.8 Å². The number of hydrogen-bond donors (Lipinski definition) is 0. The quantitative estimate of drug-likeness (QED) is 0.611. The topological polar surface area (TPSA) is 17.8 Å². The van der Waals surface area contributed by atoms with Crippen molar-refractivity contribution in [2.45, 2.75) is 18.9 Å². The van der Waals surface area contributed by atoms with Gasteiger partial charge in [0.1, 0.15) is 0 Å². The number of imidazole rings is 1. The van der Waals surface area contributed by atoms with Crippen molar-refractivity contribution < 1.29 is 1.43 Å². The maximum Gasteiger partial charge on any atom is 1.00 e. The second kappa shape index (κ2) is 5.45. The molecule has 0 saturated carbocycles. The van der Waals surface area contributed by atoms with Gasteiger partial charge in [0.05, 0.1) is 12.4 Å². The zero-order valence-electron chi connectivity index (χ0n) is 12.8. The molecule has 22 heavy (non-hydrogen) atoms. The smallest absolute Gasteiger partial charge is 0.326 e. The summed E-state index contributed by atoms with van der Waals surface area (Å²) >= 11 is 12.8. The van der Waals surface area contributed by atoms with Crippen molar-refractivity contribution in [1.29, 1.82) is 0 Å². The molecule has 3 aromatic rings. The van der Waals surface area contributed by atoms with E-state index in [1.807, 2.05) is 24.7 Å². The Kier molecular flexibility index (Phi) is 3.44. The van der Waals surface area contributed by atoms with Gasteiger partial charge in [0, 0.05) is 28.0 Å². The van der Waals surface area contributed by atoms with Gasteiger partial charge in [-0.15, -0.1) is 0 Å². The molecule has 1 aliphatic rings. The molecule has 1 aliphatic carbocycles. The summed E-state index contributed by atoms with van der Waals surface area (Å²) in [5.74, 6) is 0. The third-order valence-electron chi connectivity index (χ3n) is 4.29. The van der Waals surface area contributed by atoms with E-state index in [9.17, 15) is 0 Å². The Morgan fingerprint density at radius 1 is 1.09 bits per heavy atom. The minimum atomic E-state index is 0. The van der Waals surface area contributed by atoms with Crippen molar-refractivity contribution in [2.75, 3.05) is 0 Å². The molecule has 2 aromatic carbocycles. The van der Waals surface area contributed by atoms with E-state index in [0.29, 0.717) is 5.02 Å². The van der Waals surface area contributed by atoms with Crippen LogP contribution in [-0.4, -0.2) is 9.55 Å². The van der Waals surface area contributed by atoms with Crippen LogP contribution in [0.15, 0.2) is 55.1 Å². The van der Waals surface area contributed by atoms with Crippen LogP contribution in [0.25, 0.3) is 0 Å². The summed E-state index contributed by atoms with van der Waals surface area (Å²) in [5, 5.41) is 1.41. The molecule has 0 amide bonds. The summed E-state index contributed by atoms with van der Waals surface area (Å²) in [6.07, 6.45) is 7.57. The second-order valence-corrected chi connectivity index (χ2v) is 6.42. The summed E-state index contributed by atoms with van der Waals surface area (Å²) in [7, 11) is 0. The fourth-order valence-electron chi connectivity index (χ4n) is 3.34. The highest BCUT2D eigenvalue weighted by molar-refractivity contribution is 6.35.